The Morgan fingerprint density at radius 3 is 2.28 bits per heavy atom. The van der Waals surface area contributed by atoms with Gasteiger partial charge in [0.2, 0.25) is 0 Å². The third-order valence-corrected chi connectivity index (χ3v) is 4.69. The fourth-order valence-corrected chi connectivity index (χ4v) is 2.55. The number of hydrogen-bond donors (Lipinski definition) is 1. The van der Waals surface area contributed by atoms with Crippen molar-refractivity contribution in [1.29, 1.82) is 0 Å². The quantitative estimate of drug-likeness (QED) is 0.866. The highest BCUT2D eigenvalue weighted by Gasteiger charge is 2.22. The molecule has 0 bridgehead atoms. The van der Waals surface area contributed by atoms with Crippen LogP contribution in [0.2, 0.25) is 0 Å². The Labute approximate surface area is 116 Å². The molecule has 0 spiro atoms. The molecule has 0 atom stereocenters. The minimum Gasteiger partial charge on any atom is -0.393 e. The molecule has 1 aliphatic heterocycles. The number of nitrogens with zero attached hydrogens (tertiary/aromatic N) is 1. The number of piperidine rings is 1. The van der Waals surface area contributed by atoms with Crippen LogP contribution in [0.5, 0.6) is 0 Å². The van der Waals surface area contributed by atoms with Gasteiger partial charge in [-0.25, -0.2) is 0 Å². The molecule has 1 fully saturated rings. The molecule has 98 valence electrons. The Balaban J connectivity index is 2.19. The number of aliphatic hydroxyl groups is 1. The predicted molar refractivity (Wildman–Crippen MR) is 74.8 cm³/mol. The zero-order valence-corrected chi connectivity index (χ0v) is 12.3. The van der Waals surface area contributed by atoms with Crippen molar-refractivity contribution in [3.8, 4) is 0 Å². The van der Waals surface area contributed by atoms with E-state index in [0.717, 1.165) is 21.2 Å². The van der Waals surface area contributed by atoms with E-state index < -0.39 is 0 Å². The first kappa shape index (κ1) is 13.6. The fraction of sp³-hybridized carbons (Fsp3) is 0.500. The van der Waals surface area contributed by atoms with Crippen molar-refractivity contribution in [2.45, 2.75) is 32.8 Å². The van der Waals surface area contributed by atoms with E-state index in [1.165, 1.54) is 0 Å². The molecule has 1 heterocycles. The Bertz CT molecular complexity index is 442. The van der Waals surface area contributed by atoms with Crippen molar-refractivity contribution in [3.63, 3.8) is 0 Å². The molecular weight excluding hydrogens is 294 g/mol. The van der Waals surface area contributed by atoms with E-state index in [0.29, 0.717) is 25.9 Å². The molecule has 1 aliphatic rings. The lowest BCUT2D eigenvalue weighted by Gasteiger charge is -2.29. The first-order chi connectivity index (χ1) is 8.49. The second-order valence-electron chi connectivity index (χ2n) is 4.95. The number of halogens is 1. The average molecular weight is 312 g/mol. The zero-order valence-electron chi connectivity index (χ0n) is 10.7. The summed E-state index contributed by atoms with van der Waals surface area (Å²) in [7, 11) is 0. The SMILES string of the molecule is Cc1cc(C(=O)N2CCC(O)CC2)cc(C)c1Br. The van der Waals surface area contributed by atoms with Crippen molar-refractivity contribution in [2.75, 3.05) is 13.1 Å². The largest absolute Gasteiger partial charge is 0.393 e. The summed E-state index contributed by atoms with van der Waals surface area (Å²) < 4.78 is 1.06. The molecule has 1 aromatic rings. The highest BCUT2D eigenvalue weighted by Crippen LogP contribution is 2.24. The van der Waals surface area contributed by atoms with Gasteiger partial charge in [-0.2, -0.15) is 0 Å². The number of aliphatic hydroxyl groups excluding tert-OH is 1. The van der Waals surface area contributed by atoms with Crippen LogP contribution in [0.25, 0.3) is 0 Å². The summed E-state index contributed by atoms with van der Waals surface area (Å²) in [6.45, 7) is 5.28. The summed E-state index contributed by atoms with van der Waals surface area (Å²) in [5, 5.41) is 9.46. The lowest BCUT2D eigenvalue weighted by atomic mass is 10.0. The topological polar surface area (TPSA) is 40.5 Å². The van der Waals surface area contributed by atoms with Gasteiger partial charge < -0.3 is 10.0 Å². The highest BCUT2D eigenvalue weighted by molar-refractivity contribution is 9.10. The molecule has 1 N–H and O–H groups in total. The van der Waals surface area contributed by atoms with Gasteiger partial charge in [0.15, 0.2) is 0 Å². The monoisotopic (exact) mass is 311 g/mol. The van der Waals surface area contributed by atoms with Crippen molar-refractivity contribution >= 4 is 21.8 Å². The summed E-state index contributed by atoms with van der Waals surface area (Å²) in [4.78, 5) is 14.2. The average Bonchev–Trinajstić information content (AvgIpc) is 2.35. The third-order valence-electron chi connectivity index (χ3n) is 3.44. The molecule has 0 saturated carbocycles. The second-order valence-corrected chi connectivity index (χ2v) is 5.74. The maximum Gasteiger partial charge on any atom is 0.253 e. The third kappa shape index (κ3) is 2.75. The van der Waals surface area contributed by atoms with Crippen LogP contribution in [-0.4, -0.2) is 35.1 Å². The molecule has 0 radical (unpaired) electrons. The minimum atomic E-state index is -0.248. The minimum absolute atomic E-state index is 0.0700. The number of carbonyl (C=O) groups is 1. The second kappa shape index (κ2) is 5.41. The smallest absolute Gasteiger partial charge is 0.253 e. The van der Waals surface area contributed by atoms with Crippen molar-refractivity contribution < 1.29 is 9.90 Å². The van der Waals surface area contributed by atoms with Crippen LogP contribution in [0.15, 0.2) is 16.6 Å². The molecule has 0 unspecified atom stereocenters. The maximum atomic E-state index is 12.4. The number of carbonyl (C=O) groups excluding carboxylic acids is 1. The fourth-order valence-electron chi connectivity index (χ4n) is 2.32. The first-order valence-electron chi connectivity index (χ1n) is 6.23. The normalized spacial score (nSPS) is 17.0. The van der Waals surface area contributed by atoms with Crippen LogP contribution in [-0.2, 0) is 0 Å². The Morgan fingerprint density at radius 1 is 1.28 bits per heavy atom. The van der Waals surface area contributed by atoms with Gasteiger partial charge in [0, 0.05) is 23.1 Å². The summed E-state index contributed by atoms with van der Waals surface area (Å²) in [5.41, 5.74) is 2.90. The van der Waals surface area contributed by atoms with E-state index in [2.05, 4.69) is 15.9 Å². The molecule has 1 amide bonds. The molecule has 0 aliphatic carbocycles. The first-order valence-corrected chi connectivity index (χ1v) is 7.02. The van der Waals surface area contributed by atoms with Crippen LogP contribution < -0.4 is 0 Å². The van der Waals surface area contributed by atoms with E-state index in [1.807, 2.05) is 30.9 Å². The summed E-state index contributed by atoms with van der Waals surface area (Å²) in [6, 6.07) is 3.84. The van der Waals surface area contributed by atoms with Crippen LogP contribution in [0.4, 0.5) is 0 Å². The Kier molecular flexibility index (Phi) is 4.07. The van der Waals surface area contributed by atoms with Gasteiger partial charge in [-0.1, -0.05) is 15.9 Å². The number of likely N-dealkylation sites (tertiary alicyclic amines) is 1. The zero-order chi connectivity index (χ0) is 13.3. The summed E-state index contributed by atoms with van der Waals surface area (Å²) in [5.74, 6) is 0.0700. The van der Waals surface area contributed by atoms with Gasteiger partial charge >= 0.3 is 0 Å². The van der Waals surface area contributed by atoms with Gasteiger partial charge in [-0.15, -0.1) is 0 Å². The van der Waals surface area contributed by atoms with Gasteiger partial charge in [-0.3, -0.25) is 4.79 Å². The van der Waals surface area contributed by atoms with E-state index in [9.17, 15) is 9.90 Å². The molecule has 0 aromatic heterocycles. The van der Waals surface area contributed by atoms with E-state index in [1.54, 1.807) is 0 Å². The lowest BCUT2D eigenvalue weighted by molar-refractivity contribution is 0.0546. The Morgan fingerprint density at radius 2 is 1.78 bits per heavy atom. The van der Waals surface area contributed by atoms with E-state index in [-0.39, 0.29) is 12.0 Å². The van der Waals surface area contributed by atoms with E-state index >= 15 is 0 Å². The molecule has 1 aromatic carbocycles. The molecule has 3 nitrogen and oxygen atoms in total. The molecular formula is C14H18BrNO2. The van der Waals surface area contributed by atoms with Crippen LogP contribution in [0.1, 0.15) is 34.3 Å². The van der Waals surface area contributed by atoms with Gasteiger partial charge in [0.05, 0.1) is 6.10 Å². The van der Waals surface area contributed by atoms with Crippen molar-refractivity contribution in [2.24, 2.45) is 0 Å². The van der Waals surface area contributed by atoms with Crippen LogP contribution in [0.3, 0.4) is 0 Å². The predicted octanol–water partition coefficient (Wildman–Crippen LogP) is 2.66. The van der Waals surface area contributed by atoms with Gasteiger partial charge in [0.1, 0.15) is 0 Å². The number of rotatable bonds is 1. The van der Waals surface area contributed by atoms with Crippen molar-refractivity contribution in [3.05, 3.63) is 33.3 Å². The number of amides is 1. The standard InChI is InChI=1S/C14H18BrNO2/c1-9-7-11(8-10(2)13(9)15)14(18)16-5-3-12(17)4-6-16/h7-8,12,17H,3-6H2,1-2H3. The maximum absolute atomic E-state index is 12.4. The number of aryl methyl sites for hydroxylation is 2. The summed E-state index contributed by atoms with van der Waals surface area (Å²) in [6.07, 6.45) is 1.11. The molecule has 1 saturated heterocycles. The molecule has 18 heavy (non-hydrogen) atoms. The van der Waals surface area contributed by atoms with Crippen LogP contribution in [0, 0.1) is 13.8 Å². The Hall–Kier alpha value is -0.870. The lowest BCUT2D eigenvalue weighted by Crippen LogP contribution is -2.40. The van der Waals surface area contributed by atoms with Gasteiger partial charge in [-0.05, 0) is 49.9 Å². The van der Waals surface area contributed by atoms with E-state index in [4.69, 9.17) is 0 Å². The molecule has 2 rings (SSSR count). The number of benzene rings is 1. The van der Waals surface area contributed by atoms with Gasteiger partial charge in [0.25, 0.3) is 5.91 Å². The summed E-state index contributed by atoms with van der Waals surface area (Å²) >= 11 is 3.51. The van der Waals surface area contributed by atoms with Crippen molar-refractivity contribution in [1.82, 2.24) is 4.90 Å². The number of hydrogen-bond acceptors (Lipinski definition) is 2. The highest BCUT2D eigenvalue weighted by atomic mass is 79.9. The molecule has 4 heteroatoms. The van der Waals surface area contributed by atoms with Crippen LogP contribution >= 0.6 is 15.9 Å².